The highest BCUT2D eigenvalue weighted by molar-refractivity contribution is 9.09. The van der Waals surface area contributed by atoms with Gasteiger partial charge in [-0.25, -0.2) is 0 Å². The maximum absolute atomic E-state index is 3.72. The zero-order valence-electron chi connectivity index (χ0n) is 7.92. The Morgan fingerprint density at radius 2 is 2.33 bits per heavy atom. The maximum Gasteiger partial charge on any atom is 0.0195 e. The second-order valence-electron chi connectivity index (χ2n) is 3.58. The third-order valence-corrected chi connectivity index (χ3v) is 4.45. The Morgan fingerprint density at radius 3 is 2.92 bits per heavy atom. The standard InChI is InChI=1S/C9H18BrNS/c1-8-7-11(5-6-12-2)4-3-9(8)10/h8-9H,3-7H2,1-2H3. The number of thioether (sulfide) groups is 1. The van der Waals surface area contributed by atoms with Gasteiger partial charge in [-0.15, -0.1) is 0 Å². The second-order valence-corrected chi connectivity index (χ2v) is 5.74. The highest BCUT2D eigenvalue weighted by Gasteiger charge is 2.22. The average Bonchev–Trinajstić information content (AvgIpc) is 2.07. The summed E-state index contributed by atoms with van der Waals surface area (Å²) < 4.78 is 0. The van der Waals surface area contributed by atoms with Crippen LogP contribution in [0.1, 0.15) is 13.3 Å². The predicted octanol–water partition coefficient (Wildman–Crippen LogP) is 2.45. The molecule has 0 amide bonds. The summed E-state index contributed by atoms with van der Waals surface area (Å²) in [6, 6.07) is 0. The summed E-state index contributed by atoms with van der Waals surface area (Å²) in [6.45, 7) is 6.16. The van der Waals surface area contributed by atoms with Crippen molar-refractivity contribution in [3.05, 3.63) is 0 Å². The number of piperidine rings is 1. The van der Waals surface area contributed by atoms with E-state index in [2.05, 4.69) is 34.0 Å². The molecule has 1 aliphatic heterocycles. The summed E-state index contributed by atoms with van der Waals surface area (Å²) in [5.74, 6) is 2.10. The van der Waals surface area contributed by atoms with Gasteiger partial charge >= 0.3 is 0 Å². The molecule has 12 heavy (non-hydrogen) atoms. The zero-order chi connectivity index (χ0) is 8.97. The molecule has 0 radical (unpaired) electrons. The highest BCUT2D eigenvalue weighted by Crippen LogP contribution is 2.23. The Morgan fingerprint density at radius 1 is 1.58 bits per heavy atom. The van der Waals surface area contributed by atoms with E-state index in [9.17, 15) is 0 Å². The van der Waals surface area contributed by atoms with E-state index in [4.69, 9.17) is 0 Å². The van der Waals surface area contributed by atoms with Crippen LogP contribution in [0.25, 0.3) is 0 Å². The zero-order valence-corrected chi connectivity index (χ0v) is 10.3. The van der Waals surface area contributed by atoms with Gasteiger partial charge in [0.2, 0.25) is 0 Å². The van der Waals surface area contributed by atoms with Crippen LogP contribution in [0.15, 0.2) is 0 Å². The molecule has 1 aliphatic rings. The number of hydrogen-bond donors (Lipinski definition) is 0. The van der Waals surface area contributed by atoms with Crippen LogP contribution < -0.4 is 0 Å². The van der Waals surface area contributed by atoms with E-state index in [-0.39, 0.29) is 0 Å². The number of halogens is 1. The summed E-state index contributed by atoms with van der Waals surface area (Å²) in [7, 11) is 0. The van der Waals surface area contributed by atoms with Gasteiger partial charge in [-0.3, -0.25) is 0 Å². The third kappa shape index (κ3) is 3.27. The van der Waals surface area contributed by atoms with Crippen molar-refractivity contribution in [1.29, 1.82) is 0 Å². The van der Waals surface area contributed by atoms with Crippen LogP contribution in [0.3, 0.4) is 0 Å². The van der Waals surface area contributed by atoms with Gasteiger partial charge in [-0.1, -0.05) is 22.9 Å². The van der Waals surface area contributed by atoms with Crippen LogP contribution in [-0.4, -0.2) is 41.4 Å². The molecular weight excluding hydrogens is 234 g/mol. The van der Waals surface area contributed by atoms with Crippen LogP contribution in [0.5, 0.6) is 0 Å². The molecule has 0 bridgehead atoms. The van der Waals surface area contributed by atoms with Crippen molar-refractivity contribution in [2.45, 2.75) is 18.2 Å². The van der Waals surface area contributed by atoms with Crippen LogP contribution in [0.2, 0.25) is 0 Å². The molecule has 1 saturated heterocycles. The Kier molecular flexibility index (Phi) is 4.99. The fourth-order valence-corrected chi connectivity index (χ4v) is 2.44. The molecule has 0 aliphatic carbocycles. The van der Waals surface area contributed by atoms with Crippen LogP contribution in [0.4, 0.5) is 0 Å². The first-order valence-electron chi connectivity index (χ1n) is 4.59. The monoisotopic (exact) mass is 251 g/mol. The van der Waals surface area contributed by atoms with Crippen molar-refractivity contribution >= 4 is 27.7 Å². The Hall–Kier alpha value is 0.790. The number of likely N-dealkylation sites (tertiary alicyclic amines) is 1. The van der Waals surface area contributed by atoms with Gasteiger partial charge in [0.15, 0.2) is 0 Å². The third-order valence-electron chi connectivity index (χ3n) is 2.50. The number of hydrogen-bond acceptors (Lipinski definition) is 2. The topological polar surface area (TPSA) is 3.24 Å². The molecule has 0 aromatic rings. The first-order chi connectivity index (χ1) is 5.74. The first kappa shape index (κ1) is 10.9. The molecule has 2 atom stereocenters. The fraction of sp³-hybridized carbons (Fsp3) is 1.00. The van der Waals surface area contributed by atoms with Crippen LogP contribution >= 0.6 is 27.7 Å². The van der Waals surface area contributed by atoms with Crippen LogP contribution in [0, 0.1) is 5.92 Å². The highest BCUT2D eigenvalue weighted by atomic mass is 79.9. The minimum Gasteiger partial charge on any atom is -0.302 e. The molecule has 0 spiro atoms. The van der Waals surface area contributed by atoms with Gasteiger partial charge in [0.05, 0.1) is 0 Å². The molecule has 1 heterocycles. The summed E-state index contributed by atoms with van der Waals surface area (Å²) in [6.07, 6.45) is 3.50. The maximum atomic E-state index is 3.72. The quantitative estimate of drug-likeness (QED) is 0.710. The number of alkyl halides is 1. The molecule has 1 nitrogen and oxygen atoms in total. The van der Waals surface area contributed by atoms with E-state index in [0.717, 1.165) is 10.7 Å². The first-order valence-corrected chi connectivity index (χ1v) is 6.90. The van der Waals surface area contributed by atoms with E-state index in [1.807, 2.05) is 11.8 Å². The van der Waals surface area contributed by atoms with Gasteiger partial charge in [0.1, 0.15) is 0 Å². The lowest BCUT2D eigenvalue weighted by molar-refractivity contribution is 0.202. The number of nitrogens with zero attached hydrogens (tertiary/aromatic N) is 1. The van der Waals surface area contributed by atoms with Crippen molar-refractivity contribution in [2.24, 2.45) is 5.92 Å². The van der Waals surface area contributed by atoms with E-state index < -0.39 is 0 Å². The minimum absolute atomic E-state index is 0.753. The molecule has 2 unspecified atom stereocenters. The Balaban J connectivity index is 2.21. The van der Waals surface area contributed by atoms with Gasteiger partial charge in [0.25, 0.3) is 0 Å². The molecule has 3 heteroatoms. The smallest absolute Gasteiger partial charge is 0.0195 e. The van der Waals surface area contributed by atoms with Crippen molar-refractivity contribution in [2.75, 3.05) is 31.6 Å². The molecule has 0 aromatic heterocycles. The largest absolute Gasteiger partial charge is 0.302 e. The molecule has 72 valence electrons. The van der Waals surface area contributed by atoms with Crippen molar-refractivity contribution in [3.63, 3.8) is 0 Å². The van der Waals surface area contributed by atoms with E-state index in [1.54, 1.807) is 0 Å². The average molecular weight is 252 g/mol. The molecular formula is C9H18BrNS. The predicted molar refractivity (Wildman–Crippen MR) is 61.3 cm³/mol. The minimum atomic E-state index is 0.753. The van der Waals surface area contributed by atoms with Crippen LogP contribution in [-0.2, 0) is 0 Å². The summed E-state index contributed by atoms with van der Waals surface area (Å²) >= 11 is 5.66. The lowest BCUT2D eigenvalue weighted by atomic mass is 10.0. The summed E-state index contributed by atoms with van der Waals surface area (Å²) in [5, 5.41) is 0. The van der Waals surface area contributed by atoms with E-state index in [1.165, 1.54) is 31.8 Å². The Labute approximate surface area is 88.4 Å². The van der Waals surface area contributed by atoms with Crippen molar-refractivity contribution in [3.8, 4) is 0 Å². The normalized spacial score (nSPS) is 32.2. The summed E-state index contributed by atoms with van der Waals surface area (Å²) in [5.41, 5.74) is 0. The van der Waals surface area contributed by atoms with E-state index >= 15 is 0 Å². The fourth-order valence-electron chi connectivity index (χ4n) is 1.63. The lowest BCUT2D eigenvalue weighted by Crippen LogP contribution is -2.40. The van der Waals surface area contributed by atoms with Gasteiger partial charge in [-0.2, -0.15) is 11.8 Å². The van der Waals surface area contributed by atoms with Crippen molar-refractivity contribution < 1.29 is 0 Å². The van der Waals surface area contributed by atoms with Crippen molar-refractivity contribution in [1.82, 2.24) is 4.90 Å². The molecule has 1 rings (SSSR count). The Bertz CT molecular complexity index is 130. The molecule has 0 saturated carbocycles. The SMILES string of the molecule is CSCCN1CCC(Br)C(C)C1. The van der Waals surface area contributed by atoms with Gasteiger partial charge in [0, 0.05) is 23.7 Å². The van der Waals surface area contributed by atoms with Gasteiger partial charge in [-0.05, 0) is 25.1 Å². The molecule has 0 aromatic carbocycles. The molecule has 1 fully saturated rings. The summed E-state index contributed by atoms with van der Waals surface area (Å²) in [4.78, 5) is 3.34. The second kappa shape index (κ2) is 5.51. The number of rotatable bonds is 3. The molecule has 0 N–H and O–H groups in total. The van der Waals surface area contributed by atoms with Gasteiger partial charge < -0.3 is 4.90 Å². The lowest BCUT2D eigenvalue weighted by Gasteiger charge is -2.34. The van der Waals surface area contributed by atoms with E-state index in [0.29, 0.717) is 0 Å².